The third-order valence-corrected chi connectivity index (χ3v) is 12.6. The maximum atomic E-state index is 5.18. The number of fused-ring (bicyclic) bond motifs is 8. The van der Waals surface area contributed by atoms with Crippen LogP contribution in [0, 0.1) is 6.92 Å². The number of hydrogen-bond acceptors (Lipinski definition) is 2. The fourth-order valence-electron chi connectivity index (χ4n) is 9.86. The van der Waals surface area contributed by atoms with Crippen LogP contribution in [0.15, 0.2) is 213 Å². The minimum absolute atomic E-state index is 0.863. The molecule has 0 atom stereocenters. The van der Waals surface area contributed by atoms with E-state index in [0.29, 0.717) is 0 Å². The van der Waals surface area contributed by atoms with Gasteiger partial charge in [0.05, 0.1) is 23.8 Å². The van der Waals surface area contributed by atoms with Gasteiger partial charge in [-0.1, -0.05) is 194 Å². The van der Waals surface area contributed by atoms with Crippen LogP contribution < -0.4 is 0 Å². The summed E-state index contributed by atoms with van der Waals surface area (Å²) in [4.78, 5) is 9.87. The van der Waals surface area contributed by atoms with Gasteiger partial charge in [0.15, 0.2) is 0 Å². The summed E-state index contributed by atoms with van der Waals surface area (Å²) < 4.78 is 0. The second-order valence-corrected chi connectivity index (χ2v) is 16.1. The Kier molecular flexibility index (Phi) is 8.11. The molecule has 0 amide bonds. The van der Waals surface area contributed by atoms with Crippen LogP contribution in [0.1, 0.15) is 5.56 Å². The predicted octanol–water partition coefficient (Wildman–Crippen LogP) is 16.0. The quantitative estimate of drug-likeness (QED) is 0.129. The normalized spacial score (nSPS) is 11.7. The summed E-state index contributed by atoms with van der Waals surface area (Å²) in [6.07, 6.45) is 3.75. The van der Waals surface area contributed by atoms with E-state index in [-0.39, 0.29) is 0 Å². The van der Waals surface area contributed by atoms with Gasteiger partial charge in [0.25, 0.3) is 0 Å². The molecular weight excluding hydrogens is 737 g/mol. The minimum Gasteiger partial charge on any atom is -0.260 e. The van der Waals surface area contributed by atoms with Crippen LogP contribution in [0.2, 0.25) is 0 Å². The molecule has 1 aromatic heterocycles. The van der Waals surface area contributed by atoms with Crippen molar-refractivity contribution in [2.24, 2.45) is 0 Å². The van der Waals surface area contributed by atoms with Crippen LogP contribution in [0.5, 0.6) is 0 Å². The van der Waals surface area contributed by atoms with Gasteiger partial charge in [-0.2, -0.15) is 0 Å². The van der Waals surface area contributed by atoms with Crippen LogP contribution in [0.3, 0.4) is 0 Å². The summed E-state index contributed by atoms with van der Waals surface area (Å²) in [6.45, 7) is 2.23. The third-order valence-electron chi connectivity index (χ3n) is 12.6. The van der Waals surface area contributed by atoms with Gasteiger partial charge < -0.3 is 0 Å². The first-order chi connectivity index (χ1) is 30.2. The molecule has 0 spiro atoms. The Labute approximate surface area is 354 Å². The Hall–Kier alpha value is -7.94. The molecule has 11 aromatic carbocycles. The van der Waals surface area contributed by atoms with E-state index in [9.17, 15) is 0 Å². The second-order valence-electron chi connectivity index (χ2n) is 16.1. The average molecular weight is 775 g/mol. The highest BCUT2D eigenvalue weighted by molar-refractivity contribution is 6.23. The van der Waals surface area contributed by atoms with E-state index < -0.39 is 0 Å². The number of benzene rings is 11. The third kappa shape index (κ3) is 5.72. The summed E-state index contributed by atoms with van der Waals surface area (Å²) >= 11 is 0. The molecule has 12 rings (SSSR count). The Morgan fingerprint density at radius 3 is 1.52 bits per heavy atom. The molecule has 12 aromatic rings. The summed E-state index contributed by atoms with van der Waals surface area (Å²) in [5.74, 6) is 0. The van der Waals surface area contributed by atoms with E-state index in [1.807, 2.05) is 30.6 Å². The lowest BCUT2D eigenvalue weighted by molar-refractivity contribution is 1.21. The molecule has 0 aliphatic rings. The van der Waals surface area contributed by atoms with Gasteiger partial charge in [-0.05, 0) is 117 Å². The maximum absolute atomic E-state index is 5.18. The van der Waals surface area contributed by atoms with Crippen molar-refractivity contribution >= 4 is 64.6 Å². The van der Waals surface area contributed by atoms with E-state index in [4.69, 9.17) is 4.98 Å². The average Bonchev–Trinajstić information content (AvgIpc) is 3.33. The molecule has 2 nitrogen and oxygen atoms in total. The van der Waals surface area contributed by atoms with E-state index >= 15 is 0 Å². The van der Waals surface area contributed by atoms with Gasteiger partial charge in [-0.3, -0.25) is 4.98 Å². The largest absolute Gasteiger partial charge is 0.260 e. The van der Waals surface area contributed by atoms with E-state index in [0.717, 1.165) is 33.3 Å². The van der Waals surface area contributed by atoms with Gasteiger partial charge in [0.1, 0.15) is 0 Å². The van der Waals surface area contributed by atoms with Gasteiger partial charge in [-0.25, -0.2) is 4.98 Å². The lowest BCUT2D eigenvalue weighted by atomic mass is 9.86. The smallest absolute Gasteiger partial charge is 0.0905 e. The highest BCUT2D eigenvalue weighted by atomic mass is 14.8. The number of nitrogens with zero attached hydrogens (tertiary/aromatic N) is 2. The molecule has 0 aliphatic heterocycles. The van der Waals surface area contributed by atoms with Crippen molar-refractivity contribution in [2.45, 2.75) is 6.92 Å². The highest BCUT2D eigenvalue weighted by Crippen LogP contribution is 2.45. The van der Waals surface area contributed by atoms with Crippen molar-refractivity contribution in [1.29, 1.82) is 0 Å². The molecule has 0 N–H and O–H groups in total. The Morgan fingerprint density at radius 1 is 0.311 bits per heavy atom. The van der Waals surface area contributed by atoms with Crippen molar-refractivity contribution in [2.75, 3.05) is 0 Å². The summed E-state index contributed by atoms with van der Waals surface area (Å²) in [5.41, 5.74) is 12.5. The molecule has 0 radical (unpaired) electrons. The van der Waals surface area contributed by atoms with Crippen molar-refractivity contribution in [3.8, 4) is 55.9 Å². The predicted molar refractivity (Wildman–Crippen MR) is 259 cm³/mol. The van der Waals surface area contributed by atoms with Gasteiger partial charge >= 0.3 is 0 Å². The van der Waals surface area contributed by atoms with E-state index in [2.05, 4.69) is 194 Å². The van der Waals surface area contributed by atoms with Crippen LogP contribution >= 0.6 is 0 Å². The molecule has 284 valence electrons. The van der Waals surface area contributed by atoms with Crippen molar-refractivity contribution < 1.29 is 0 Å². The number of aromatic nitrogens is 2. The molecule has 1 heterocycles. The van der Waals surface area contributed by atoms with Crippen molar-refractivity contribution in [3.05, 3.63) is 218 Å². The van der Waals surface area contributed by atoms with Crippen molar-refractivity contribution in [1.82, 2.24) is 9.97 Å². The number of hydrogen-bond donors (Lipinski definition) is 0. The molecule has 2 heteroatoms. The zero-order chi connectivity index (χ0) is 40.4. The van der Waals surface area contributed by atoms with Gasteiger partial charge in [0.2, 0.25) is 0 Å². The Bertz CT molecular complexity index is 3640. The Balaban J connectivity index is 0.971. The first kappa shape index (κ1) is 35.0. The minimum atomic E-state index is 0.863. The molecule has 0 aliphatic carbocycles. The van der Waals surface area contributed by atoms with Gasteiger partial charge in [0, 0.05) is 11.1 Å². The van der Waals surface area contributed by atoms with Crippen LogP contribution in [-0.4, -0.2) is 9.97 Å². The fourth-order valence-corrected chi connectivity index (χ4v) is 9.86. The first-order valence-corrected chi connectivity index (χ1v) is 21.0. The van der Waals surface area contributed by atoms with Crippen LogP contribution in [0.25, 0.3) is 121 Å². The number of aryl methyl sites for hydroxylation is 1. The summed E-state index contributed by atoms with van der Waals surface area (Å²) in [7, 11) is 0. The molecule has 0 bridgehead atoms. The molecule has 61 heavy (non-hydrogen) atoms. The monoisotopic (exact) mass is 774 g/mol. The second kappa shape index (κ2) is 14.1. The standard InChI is InChI=1S/C59H38N2/c1-37-12-9-15-40-28-29-42-17-11-23-50(58(42)55(37)40)49-22-10-16-41-30-31-45-34-44(32-33-46(45)56(41)49)38-24-26-43(27-25-38)57-47-18-5-7-20-51(47)59(52-21-8-6-19-48(52)57)54-36-60-35-53(61-54)39-13-3-2-4-14-39/h2-36H,1H3. The first-order valence-electron chi connectivity index (χ1n) is 21.0. The Morgan fingerprint density at radius 2 is 0.836 bits per heavy atom. The van der Waals surface area contributed by atoms with Crippen LogP contribution in [0.4, 0.5) is 0 Å². The summed E-state index contributed by atoms with van der Waals surface area (Å²) in [6, 6.07) is 73.0. The maximum Gasteiger partial charge on any atom is 0.0905 e. The molecule has 0 unspecified atom stereocenters. The fraction of sp³-hybridized carbons (Fsp3) is 0.0169. The molecule has 0 saturated carbocycles. The van der Waals surface area contributed by atoms with Gasteiger partial charge in [-0.15, -0.1) is 0 Å². The van der Waals surface area contributed by atoms with E-state index in [1.54, 1.807) is 0 Å². The zero-order valence-electron chi connectivity index (χ0n) is 33.6. The topological polar surface area (TPSA) is 25.8 Å². The van der Waals surface area contributed by atoms with Crippen LogP contribution in [-0.2, 0) is 0 Å². The highest BCUT2D eigenvalue weighted by Gasteiger charge is 2.19. The zero-order valence-corrected chi connectivity index (χ0v) is 33.6. The summed E-state index contributed by atoms with van der Waals surface area (Å²) in [5, 5.41) is 14.9. The lowest BCUT2D eigenvalue weighted by Crippen LogP contribution is -1.94. The molecule has 0 saturated heterocycles. The number of rotatable bonds is 5. The lowest BCUT2D eigenvalue weighted by Gasteiger charge is -2.18. The molecular formula is C59H38N2. The SMILES string of the molecule is Cc1cccc2ccc3cccc(-c4cccc5ccc6cc(-c7ccc(-c8c9ccccc9c(-c9cncc(-c%10ccccc%10)n9)c9ccccc89)cc7)ccc6c45)c3c12. The van der Waals surface area contributed by atoms with Crippen molar-refractivity contribution in [3.63, 3.8) is 0 Å². The molecule has 0 fully saturated rings. The van der Waals surface area contributed by atoms with E-state index in [1.165, 1.54) is 92.8 Å².